The van der Waals surface area contributed by atoms with Gasteiger partial charge in [-0.3, -0.25) is 0 Å². The number of rotatable bonds is 5. The van der Waals surface area contributed by atoms with E-state index < -0.39 is 0 Å². The van der Waals surface area contributed by atoms with Gasteiger partial charge in [0.25, 0.3) is 0 Å². The predicted octanol–water partition coefficient (Wildman–Crippen LogP) is 4.18. The summed E-state index contributed by atoms with van der Waals surface area (Å²) in [5.41, 5.74) is 3.46. The molecule has 3 aromatic carbocycles. The molecule has 0 spiro atoms. The van der Waals surface area contributed by atoms with Crippen LogP contribution in [0.4, 0.5) is 0 Å². The van der Waals surface area contributed by atoms with Crippen LogP contribution in [0, 0.1) is 0 Å². The lowest BCUT2D eigenvalue weighted by Crippen LogP contribution is -2.18. The summed E-state index contributed by atoms with van der Waals surface area (Å²) in [7, 11) is 0. The number of hydrogen-bond donors (Lipinski definition) is 2. The van der Waals surface area contributed by atoms with Gasteiger partial charge in [0.2, 0.25) is 0 Å². The van der Waals surface area contributed by atoms with Gasteiger partial charge in [0, 0.05) is 12.6 Å². The Morgan fingerprint density at radius 1 is 0.909 bits per heavy atom. The van der Waals surface area contributed by atoms with E-state index in [0.29, 0.717) is 0 Å². The SMILES string of the molecule is C[C@@H](NCc1cccc(CO)c1)c1cccc2ccccc12. The van der Waals surface area contributed by atoms with Gasteiger partial charge in [0.15, 0.2) is 0 Å². The molecule has 22 heavy (non-hydrogen) atoms. The van der Waals surface area contributed by atoms with Crippen LogP contribution < -0.4 is 5.32 Å². The Labute approximate surface area is 131 Å². The van der Waals surface area contributed by atoms with Crippen molar-refractivity contribution in [3.05, 3.63) is 83.4 Å². The zero-order chi connectivity index (χ0) is 15.4. The summed E-state index contributed by atoms with van der Waals surface area (Å²) in [5.74, 6) is 0. The Morgan fingerprint density at radius 2 is 1.64 bits per heavy atom. The summed E-state index contributed by atoms with van der Waals surface area (Å²) >= 11 is 0. The van der Waals surface area contributed by atoms with Crippen molar-refractivity contribution in [1.29, 1.82) is 0 Å². The average Bonchev–Trinajstić information content (AvgIpc) is 2.59. The normalized spacial score (nSPS) is 12.5. The van der Waals surface area contributed by atoms with Gasteiger partial charge < -0.3 is 10.4 Å². The average molecular weight is 291 g/mol. The Hall–Kier alpha value is -2.16. The number of aliphatic hydroxyl groups excluding tert-OH is 1. The standard InChI is InChI=1S/C20H21NO/c1-15(21-13-16-6-4-7-17(12-16)14-22)19-11-5-9-18-8-2-3-10-20(18)19/h2-12,15,21-22H,13-14H2,1H3/t15-/m1/s1. The number of nitrogens with one attached hydrogen (secondary N) is 1. The van der Waals surface area contributed by atoms with Crippen molar-refractivity contribution in [1.82, 2.24) is 5.32 Å². The van der Waals surface area contributed by atoms with Crippen LogP contribution in [0.1, 0.15) is 29.7 Å². The van der Waals surface area contributed by atoms with Gasteiger partial charge in [-0.25, -0.2) is 0 Å². The topological polar surface area (TPSA) is 32.3 Å². The van der Waals surface area contributed by atoms with Crippen molar-refractivity contribution in [2.75, 3.05) is 0 Å². The molecule has 0 radical (unpaired) electrons. The lowest BCUT2D eigenvalue weighted by Gasteiger charge is -2.17. The van der Waals surface area contributed by atoms with Crippen LogP contribution in [0.25, 0.3) is 10.8 Å². The van der Waals surface area contributed by atoms with Crippen LogP contribution >= 0.6 is 0 Å². The Balaban J connectivity index is 1.77. The third-order valence-corrected chi connectivity index (χ3v) is 4.08. The van der Waals surface area contributed by atoms with Gasteiger partial charge in [0.1, 0.15) is 0 Å². The molecule has 2 nitrogen and oxygen atoms in total. The number of hydrogen-bond acceptors (Lipinski definition) is 2. The maximum atomic E-state index is 9.22. The van der Waals surface area contributed by atoms with Crippen LogP contribution in [0.3, 0.4) is 0 Å². The first-order chi connectivity index (χ1) is 10.8. The molecule has 0 saturated carbocycles. The molecular weight excluding hydrogens is 270 g/mol. The van der Waals surface area contributed by atoms with Crippen LogP contribution in [-0.2, 0) is 13.2 Å². The molecule has 0 fully saturated rings. The molecule has 0 aliphatic rings. The first-order valence-electron chi connectivity index (χ1n) is 7.67. The highest BCUT2D eigenvalue weighted by atomic mass is 16.3. The fraction of sp³-hybridized carbons (Fsp3) is 0.200. The lowest BCUT2D eigenvalue weighted by molar-refractivity contribution is 0.281. The number of benzene rings is 3. The largest absolute Gasteiger partial charge is 0.392 e. The molecule has 0 aliphatic heterocycles. The molecule has 0 aliphatic carbocycles. The van der Waals surface area contributed by atoms with Gasteiger partial charge in [-0.05, 0) is 34.4 Å². The van der Waals surface area contributed by atoms with E-state index in [-0.39, 0.29) is 12.6 Å². The monoisotopic (exact) mass is 291 g/mol. The Morgan fingerprint density at radius 3 is 2.50 bits per heavy atom. The van der Waals surface area contributed by atoms with Crippen LogP contribution in [0.5, 0.6) is 0 Å². The number of aliphatic hydroxyl groups is 1. The highest BCUT2D eigenvalue weighted by Crippen LogP contribution is 2.24. The van der Waals surface area contributed by atoms with E-state index in [1.54, 1.807) is 0 Å². The fourth-order valence-electron chi connectivity index (χ4n) is 2.85. The molecule has 0 heterocycles. The van der Waals surface area contributed by atoms with E-state index in [2.05, 4.69) is 60.8 Å². The summed E-state index contributed by atoms with van der Waals surface area (Å²) in [4.78, 5) is 0. The molecular formula is C20H21NO. The zero-order valence-electron chi connectivity index (χ0n) is 12.8. The third kappa shape index (κ3) is 3.19. The fourth-order valence-corrected chi connectivity index (χ4v) is 2.85. The molecule has 0 unspecified atom stereocenters. The van der Waals surface area contributed by atoms with E-state index in [4.69, 9.17) is 0 Å². The van der Waals surface area contributed by atoms with E-state index >= 15 is 0 Å². The van der Waals surface area contributed by atoms with Gasteiger partial charge in [-0.1, -0.05) is 66.7 Å². The van der Waals surface area contributed by atoms with Gasteiger partial charge in [-0.2, -0.15) is 0 Å². The van der Waals surface area contributed by atoms with Gasteiger partial charge >= 0.3 is 0 Å². The Bertz CT molecular complexity index is 761. The van der Waals surface area contributed by atoms with Crippen molar-refractivity contribution in [2.45, 2.75) is 26.1 Å². The second kappa shape index (κ2) is 6.73. The summed E-state index contributed by atoms with van der Waals surface area (Å²) in [6.45, 7) is 3.07. The quantitative estimate of drug-likeness (QED) is 0.739. The summed E-state index contributed by atoms with van der Waals surface area (Å²) in [6, 6.07) is 23.3. The molecule has 2 N–H and O–H groups in total. The van der Waals surface area contributed by atoms with Crippen molar-refractivity contribution in [3.8, 4) is 0 Å². The van der Waals surface area contributed by atoms with E-state index in [1.165, 1.54) is 21.9 Å². The summed E-state index contributed by atoms with van der Waals surface area (Å²) in [5, 5.41) is 15.4. The highest BCUT2D eigenvalue weighted by Gasteiger charge is 2.08. The predicted molar refractivity (Wildman–Crippen MR) is 91.6 cm³/mol. The molecule has 0 bridgehead atoms. The second-order valence-corrected chi connectivity index (χ2v) is 5.65. The zero-order valence-corrected chi connectivity index (χ0v) is 12.8. The Kier molecular flexibility index (Phi) is 4.52. The van der Waals surface area contributed by atoms with Crippen LogP contribution in [-0.4, -0.2) is 5.11 Å². The first kappa shape index (κ1) is 14.8. The minimum atomic E-state index is 0.0900. The maximum Gasteiger partial charge on any atom is 0.0681 e. The molecule has 1 atom stereocenters. The molecule has 2 heteroatoms. The van der Waals surface area contributed by atoms with Crippen molar-refractivity contribution in [2.24, 2.45) is 0 Å². The van der Waals surface area contributed by atoms with E-state index in [1.807, 2.05) is 18.2 Å². The molecule has 0 saturated heterocycles. The van der Waals surface area contributed by atoms with Gasteiger partial charge in [-0.15, -0.1) is 0 Å². The summed E-state index contributed by atoms with van der Waals surface area (Å²) in [6.07, 6.45) is 0. The van der Waals surface area contributed by atoms with Crippen molar-refractivity contribution < 1.29 is 5.11 Å². The van der Waals surface area contributed by atoms with Crippen molar-refractivity contribution >= 4 is 10.8 Å². The maximum absolute atomic E-state index is 9.22. The van der Waals surface area contributed by atoms with E-state index in [9.17, 15) is 5.11 Å². The smallest absolute Gasteiger partial charge is 0.0681 e. The first-order valence-corrected chi connectivity index (χ1v) is 7.67. The summed E-state index contributed by atoms with van der Waals surface area (Å²) < 4.78 is 0. The molecule has 3 aromatic rings. The van der Waals surface area contributed by atoms with Crippen molar-refractivity contribution in [3.63, 3.8) is 0 Å². The molecule has 3 rings (SSSR count). The minimum absolute atomic E-state index is 0.0900. The third-order valence-electron chi connectivity index (χ3n) is 4.08. The highest BCUT2D eigenvalue weighted by molar-refractivity contribution is 5.86. The second-order valence-electron chi connectivity index (χ2n) is 5.65. The van der Waals surface area contributed by atoms with Crippen LogP contribution in [0.2, 0.25) is 0 Å². The van der Waals surface area contributed by atoms with Gasteiger partial charge in [0.05, 0.1) is 6.61 Å². The van der Waals surface area contributed by atoms with Crippen LogP contribution in [0.15, 0.2) is 66.7 Å². The molecule has 0 aromatic heterocycles. The minimum Gasteiger partial charge on any atom is -0.392 e. The van der Waals surface area contributed by atoms with E-state index in [0.717, 1.165) is 12.1 Å². The molecule has 112 valence electrons. The molecule has 0 amide bonds. The number of fused-ring (bicyclic) bond motifs is 1. The lowest BCUT2D eigenvalue weighted by atomic mass is 9.99.